The van der Waals surface area contributed by atoms with Gasteiger partial charge in [0.2, 0.25) is 5.91 Å². The maximum absolute atomic E-state index is 11.7. The first-order valence-electron chi connectivity index (χ1n) is 8.35. The van der Waals surface area contributed by atoms with E-state index in [0.717, 1.165) is 16.9 Å². The monoisotopic (exact) mass is 394 g/mol. The Morgan fingerprint density at radius 3 is 2.19 bits per heavy atom. The first kappa shape index (κ1) is 22.6. The molecule has 0 aliphatic heterocycles. The minimum Gasteiger partial charge on any atom is -0.489 e. The quantitative estimate of drug-likeness (QED) is 0.488. The third-order valence-corrected chi connectivity index (χ3v) is 3.44. The van der Waals surface area contributed by atoms with Gasteiger partial charge in [-0.2, -0.15) is 8.42 Å². The first-order chi connectivity index (χ1) is 12.7. The van der Waals surface area contributed by atoms with Gasteiger partial charge in [0.05, 0.1) is 12.9 Å². The van der Waals surface area contributed by atoms with Gasteiger partial charge in [-0.15, -0.1) is 0 Å². The molecule has 1 amide bonds. The van der Waals surface area contributed by atoms with Gasteiger partial charge in [0.15, 0.2) is 0 Å². The number of carbonyl (C=O) groups is 1. The van der Waals surface area contributed by atoms with Crippen molar-refractivity contribution in [3.63, 3.8) is 0 Å². The van der Waals surface area contributed by atoms with Gasteiger partial charge in [-0.25, -0.2) is 0 Å². The summed E-state index contributed by atoms with van der Waals surface area (Å²) >= 11 is 0. The number of carbonyl (C=O) groups excluding carboxylic acids is 1. The van der Waals surface area contributed by atoms with Crippen LogP contribution in [-0.2, 0) is 27.9 Å². The second kappa shape index (κ2) is 11.3. The van der Waals surface area contributed by atoms with Crippen LogP contribution < -0.4 is 15.8 Å². The van der Waals surface area contributed by atoms with Gasteiger partial charge < -0.3 is 15.8 Å². The molecule has 0 spiro atoms. The molecule has 0 aliphatic carbocycles. The molecular formula is C19H26N2O5S. The maximum Gasteiger partial charge on any atom is 0.261 e. The van der Waals surface area contributed by atoms with E-state index in [0.29, 0.717) is 19.3 Å². The lowest BCUT2D eigenvalue weighted by atomic mass is 10.0. The molecule has 0 saturated heterocycles. The smallest absolute Gasteiger partial charge is 0.261 e. The average Bonchev–Trinajstić information content (AvgIpc) is 2.61. The van der Waals surface area contributed by atoms with Crippen LogP contribution in [0, 0.1) is 5.92 Å². The molecule has 0 heterocycles. The van der Waals surface area contributed by atoms with Crippen LogP contribution in [0.3, 0.4) is 0 Å². The van der Waals surface area contributed by atoms with Crippen LogP contribution >= 0.6 is 0 Å². The molecule has 148 valence electrons. The molecule has 2 aromatic rings. The maximum atomic E-state index is 11.7. The number of benzene rings is 2. The number of nitrogens with two attached hydrogens (primary N) is 1. The highest BCUT2D eigenvalue weighted by Crippen LogP contribution is 2.16. The Morgan fingerprint density at radius 1 is 1.11 bits per heavy atom. The van der Waals surface area contributed by atoms with Gasteiger partial charge >= 0.3 is 0 Å². The van der Waals surface area contributed by atoms with E-state index in [1.165, 1.54) is 0 Å². The van der Waals surface area contributed by atoms with Crippen LogP contribution in [0.15, 0.2) is 54.6 Å². The summed E-state index contributed by atoms with van der Waals surface area (Å²) in [6.45, 7) is 2.62. The van der Waals surface area contributed by atoms with Crippen molar-refractivity contribution in [1.82, 2.24) is 5.32 Å². The Kier molecular flexibility index (Phi) is 9.49. The first-order valence-corrected chi connectivity index (χ1v) is 10.2. The van der Waals surface area contributed by atoms with E-state index in [1.807, 2.05) is 61.5 Å². The lowest BCUT2D eigenvalue weighted by Crippen LogP contribution is -2.34. The number of hydrogen-bond donors (Lipinski definition) is 3. The molecule has 0 bridgehead atoms. The van der Waals surface area contributed by atoms with E-state index in [1.54, 1.807) is 0 Å². The van der Waals surface area contributed by atoms with Crippen LogP contribution in [0.2, 0.25) is 0 Å². The summed E-state index contributed by atoms with van der Waals surface area (Å²) in [4.78, 5) is 11.7. The number of rotatable bonds is 7. The van der Waals surface area contributed by atoms with Crippen LogP contribution in [0.5, 0.6) is 5.75 Å². The van der Waals surface area contributed by atoms with Crippen molar-refractivity contribution in [1.29, 1.82) is 0 Å². The Hall–Kier alpha value is -2.42. The van der Waals surface area contributed by atoms with E-state index >= 15 is 0 Å². The van der Waals surface area contributed by atoms with Crippen LogP contribution in [-0.4, -0.2) is 31.8 Å². The van der Waals surface area contributed by atoms with Crippen molar-refractivity contribution in [3.8, 4) is 5.75 Å². The van der Waals surface area contributed by atoms with Crippen LogP contribution in [0.1, 0.15) is 18.1 Å². The topological polar surface area (TPSA) is 119 Å². The number of nitrogens with one attached hydrogen (secondary N) is 1. The highest BCUT2D eigenvalue weighted by Gasteiger charge is 2.12. The molecule has 0 radical (unpaired) electrons. The molecule has 1 atom stereocenters. The lowest BCUT2D eigenvalue weighted by molar-refractivity contribution is -0.124. The summed E-state index contributed by atoms with van der Waals surface area (Å²) < 4.78 is 31.6. The fourth-order valence-electron chi connectivity index (χ4n) is 2.18. The van der Waals surface area contributed by atoms with E-state index in [4.69, 9.17) is 15.0 Å². The molecule has 7 nitrogen and oxygen atoms in total. The fraction of sp³-hybridized carbons (Fsp3) is 0.316. The van der Waals surface area contributed by atoms with Gasteiger partial charge in [-0.05, 0) is 29.7 Å². The lowest BCUT2D eigenvalue weighted by Gasteiger charge is -2.12. The van der Waals surface area contributed by atoms with Crippen molar-refractivity contribution in [2.75, 3.05) is 12.9 Å². The summed E-state index contributed by atoms with van der Waals surface area (Å²) in [5.41, 5.74) is 7.55. The summed E-state index contributed by atoms with van der Waals surface area (Å²) in [5.74, 6) is 0.707. The highest BCUT2D eigenvalue weighted by molar-refractivity contribution is 7.85. The van der Waals surface area contributed by atoms with E-state index in [2.05, 4.69) is 5.32 Å². The highest BCUT2D eigenvalue weighted by atomic mass is 32.2. The fourth-order valence-corrected chi connectivity index (χ4v) is 2.18. The molecule has 2 rings (SSSR count). The minimum absolute atomic E-state index is 0.0214. The largest absolute Gasteiger partial charge is 0.489 e. The number of amides is 1. The molecule has 27 heavy (non-hydrogen) atoms. The Bertz CT molecular complexity index is 785. The Morgan fingerprint density at radius 2 is 1.67 bits per heavy atom. The Labute approximate surface area is 160 Å². The zero-order chi connectivity index (χ0) is 20.3. The van der Waals surface area contributed by atoms with E-state index in [9.17, 15) is 13.2 Å². The molecule has 0 aromatic heterocycles. The van der Waals surface area contributed by atoms with Gasteiger partial charge in [-0.1, -0.05) is 49.4 Å². The minimum atomic E-state index is -3.67. The molecule has 1 unspecified atom stereocenters. The molecule has 0 aliphatic rings. The number of ether oxygens (including phenoxy) is 1. The third-order valence-electron chi connectivity index (χ3n) is 3.44. The SMILES string of the molecule is CC(Cc1ccc(OCc2ccccc2)cc1)C(=O)NCN.CS(=O)(=O)O. The van der Waals surface area contributed by atoms with Crippen LogP contribution in [0.25, 0.3) is 0 Å². The van der Waals surface area contributed by atoms with Crippen LogP contribution in [0.4, 0.5) is 0 Å². The molecule has 0 saturated carbocycles. The predicted molar refractivity (Wildman–Crippen MR) is 105 cm³/mol. The summed E-state index contributed by atoms with van der Waals surface area (Å²) in [6, 6.07) is 17.9. The van der Waals surface area contributed by atoms with Gasteiger partial charge in [0, 0.05) is 5.92 Å². The molecule has 4 N–H and O–H groups in total. The average molecular weight is 394 g/mol. The molecule has 2 aromatic carbocycles. The zero-order valence-corrected chi connectivity index (χ0v) is 16.3. The predicted octanol–water partition coefficient (Wildman–Crippen LogP) is 1.98. The standard InChI is InChI=1S/C18H22N2O2.CH4O3S/c1-14(18(21)20-13-19)11-15-7-9-17(10-8-15)22-12-16-5-3-2-4-6-16;1-5(2,3)4/h2-10,14H,11-13,19H2,1H3,(H,20,21);1H3,(H,2,3,4). The molecular weight excluding hydrogens is 368 g/mol. The summed E-state index contributed by atoms with van der Waals surface area (Å²) in [5, 5.41) is 2.63. The van der Waals surface area contributed by atoms with Crippen molar-refractivity contribution in [3.05, 3.63) is 65.7 Å². The second-order valence-electron chi connectivity index (χ2n) is 6.00. The van der Waals surface area contributed by atoms with E-state index in [-0.39, 0.29) is 18.5 Å². The third kappa shape index (κ3) is 11.0. The second-order valence-corrected chi connectivity index (χ2v) is 7.47. The van der Waals surface area contributed by atoms with Crippen molar-refractivity contribution < 1.29 is 22.5 Å². The zero-order valence-electron chi connectivity index (χ0n) is 15.5. The molecule has 8 heteroatoms. The van der Waals surface area contributed by atoms with Crippen molar-refractivity contribution in [2.45, 2.75) is 20.0 Å². The van der Waals surface area contributed by atoms with E-state index < -0.39 is 10.1 Å². The number of hydrogen-bond acceptors (Lipinski definition) is 5. The summed E-state index contributed by atoms with van der Waals surface area (Å²) in [7, 11) is -3.67. The van der Waals surface area contributed by atoms with Gasteiger partial charge in [0.1, 0.15) is 12.4 Å². The molecule has 0 fully saturated rings. The Balaban J connectivity index is 0.000000646. The van der Waals surface area contributed by atoms with Crippen molar-refractivity contribution in [2.24, 2.45) is 11.7 Å². The van der Waals surface area contributed by atoms with Gasteiger partial charge in [-0.3, -0.25) is 9.35 Å². The normalized spacial score (nSPS) is 11.7. The van der Waals surface area contributed by atoms with Gasteiger partial charge in [0.25, 0.3) is 10.1 Å². The summed E-state index contributed by atoms with van der Waals surface area (Å²) in [6.07, 6.45) is 1.40. The van der Waals surface area contributed by atoms with Crippen molar-refractivity contribution >= 4 is 16.0 Å².